The maximum atomic E-state index is 13.0. The van der Waals surface area contributed by atoms with Gasteiger partial charge in [0.2, 0.25) is 11.7 Å². The molecule has 0 spiro atoms. The van der Waals surface area contributed by atoms with Gasteiger partial charge in [-0.3, -0.25) is 9.59 Å². The van der Waals surface area contributed by atoms with Crippen molar-refractivity contribution in [3.63, 3.8) is 0 Å². The molecule has 1 unspecified atom stereocenters. The quantitative estimate of drug-likeness (QED) is 0.449. The minimum Gasteiger partial charge on any atom is -0.453 e. The van der Waals surface area contributed by atoms with Gasteiger partial charge in [0.15, 0.2) is 6.10 Å². The van der Waals surface area contributed by atoms with E-state index < -0.39 is 30.2 Å². The third kappa shape index (κ3) is 4.84. The van der Waals surface area contributed by atoms with Crippen molar-refractivity contribution in [2.75, 3.05) is 0 Å². The Bertz CT molecular complexity index is 1070. The van der Waals surface area contributed by atoms with Gasteiger partial charge in [-0.15, -0.1) is 5.10 Å². The normalized spacial score (nSPS) is 11.8. The number of rotatable bonds is 7. The molecular formula is C21H19FN2O5. The minimum atomic E-state index is -1.02. The molecule has 0 saturated carbocycles. The molecule has 0 fully saturated rings. The molecule has 0 aliphatic rings. The number of Topliss-reactive ketones (excluding diaryl/α,β-unsaturated/α-hetero) is 1. The first-order chi connectivity index (χ1) is 13.9. The lowest BCUT2D eigenvalue weighted by Gasteiger charge is -2.12. The van der Waals surface area contributed by atoms with Gasteiger partial charge < -0.3 is 9.15 Å². The second kappa shape index (κ2) is 8.64. The molecule has 150 valence electrons. The van der Waals surface area contributed by atoms with E-state index in [9.17, 15) is 18.8 Å². The highest BCUT2D eigenvalue weighted by Gasteiger charge is 2.21. The molecule has 0 bridgehead atoms. The van der Waals surface area contributed by atoms with E-state index >= 15 is 0 Å². The molecule has 29 heavy (non-hydrogen) atoms. The summed E-state index contributed by atoms with van der Waals surface area (Å²) in [7, 11) is 0. The molecule has 0 aliphatic heterocycles. The van der Waals surface area contributed by atoms with Gasteiger partial charge in [0.05, 0.1) is 0 Å². The number of carbonyl (C=O) groups excluding carboxylic acids is 2. The smallest absolute Gasteiger partial charge is 0.437 e. The van der Waals surface area contributed by atoms with Crippen LogP contribution in [-0.4, -0.2) is 27.6 Å². The summed E-state index contributed by atoms with van der Waals surface area (Å²) in [6.07, 6.45) is -0.167. The number of hydrogen-bond acceptors (Lipinski definition) is 6. The number of aromatic nitrogens is 2. The minimum absolute atomic E-state index is 0.0528. The molecule has 8 heteroatoms. The zero-order chi connectivity index (χ0) is 21.0. The Hall–Kier alpha value is -3.55. The van der Waals surface area contributed by atoms with Gasteiger partial charge in [-0.1, -0.05) is 31.2 Å². The maximum absolute atomic E-state index is 13.0. The van der Waals surface area contributed by atoms with Crippen LogP contribution in [0.25, 0.3) is 11.5 Å². The molecule has 2 aromatic carbocycles. The second-order valence-corrected chi connectivity index (χ2v) is 6.38. The Kier molecular flexibility index (Phi) is 6.01. The summed E-state index contributed by atoms with van der Waals surface area (Å²) in [5.41, 5.74) is 1.91. The largest absolute Gasteiger partial charge is 0.453 e. The summed E-state index contributed by atoms with van der Waals surface area (Å²) in [5, 5.41) is 3.91. The van der Waals surface area contributed by atoms with E-state index in [-0.39, 0.29) is 11.7 Å². The highest BCUT2D eigenvalue weighted by molar-refractivity contribution is 6.00. The standard InChI is InChI=1S/C21H19FN2O5/c1-3-14-4-6-15(7-5-14)19(26)13(2)28-18(25)12-24-21(27)29-20(23-24)16-8-10-17(22)11-9-16/h4-11,13H,3,12H2,1-2H3. The fourth-order valence-electron chi connectivity index (χ4n) is 2.66. The monoisotopic (exact) mass is 398 g/mol. The zero-order valence-corrected chi connectivity index (χ0v) is 15.9. The molecule has 7 nitrogen and oxygen atoms in total. The third-order valence-electron chi connectivity index (χ3n) is 4.30. The Balaban J connectivity index is 1.64. The summed E-state index contributed by atoms with van der Waals surface area (Å²) in [5.74, 6) is -2.52. The first-order valence-electron chi connectivity index (χ1n) is 9.04. The van der Waals surface area contributed by atoms with Crippen molar-refractivity contribution in [3.05, 3.63) is 76.0 Å². The van der Waals surface area contributed by atoms with Crippen molar-refractivity contribution in [3.8, 4) is 11.5 Å². The number of ketones is 1. The summed E-state index contributed by atoms with van der Waals surface area (Å²) < 4.78 is 23.9. The van der Waals surface area contributed by atoms with E-state index in [1.165, 1.54) is 31.2 Å². The van der Waals surface area contributed by atoms with Gasteiger partial charge >= 0.3 is 11.7 Å². The molecule has 1 atom stereocenters. The number of halogens is 1. The number of hydrogen-bond donors (Lipinski definition) is 0. The fraction of sp³-hybridized carbons (Fsp3) is 0.238. The van der Waals surface area contributed by atoms with E-state index in [1.54, 1.807) is 12.1 Å². The van der Waals surface area contributed by atoms with Crippen LogP contribution < -0.4 is 5.76 Å². The molecule has 1 aromatic heterocycles. The molecule has 1 heterocycles. The van der Waals surface area contributed by atoms with Crippen LogP contribution in [0.3, 0.4) is 0 Å². The third-order valence-corrected chi connectivity index (χ3v) is 4.30. The summed E-state index contributed by atoms with van der Waals surface area (Å²) in [4.78, 5) is 36.4. The van der Waals surface area contributed by atoms with E-state index in [4.69, 9.17) is 9.15 Å². The number of esters is 1. The molecule has 0 aliphatic carbocycles. The van der Waals surface area contributed by atoms with Crippen molar-refractivity contribution in [1.29, 1.82) is 0 Å². The van der Waals surface area contributed by atoms with E-state index in [1.807, 2.05) is 19.1 Å². The number of carbonyl (C=O) groups is 2. The molecule has 0 N–H and O–H groups in total. The highest BCUT2D eigenvalue weighted by Crippen LogP contribution is 2.15. The average Bonchev–Trinajstić information content (AvgIpc) is 3.08. The lowest BCUT2D eigenvalue weighted by molar-refractivity contribution is -0.147. The van der Waals surface area contributed by atoms with Crippen LogP contribution in [0.15, 0.2) is 57.7 Å². The molecule has 0 radical (unpaired) electrons. The Morgan fingerprint density at radius 2 is 1.79 bits per heavy atom. The summed E-state index contributed by atoms with van der Waals surface area (Å²) >= 11 is 0. The van der Waals surface area contributed by atoms with Gasteiger partial charge in [0.1, 0.15) is 12.4 Å². The van der Waals surface area contributed by atoms with Crippen LogP contribution >= 0.6 is 0 Å². The first-order valence-corrected chi connectivity index (χ1v) is 9.04. The Morgan fingerprint density at radius 1 is 1.14 bits per heavy atom. The predicted octanol–water partition coefficient (Wildman–Crippen LogP) is 3.02. The van der Waals surface area contributed by atoms with Gasteiger partial charge in [-0.25, -0.2) is 9.18 Å². The van der Waals surface area contributed by atoms with Crippen LogP contribution in [0.5, 0.6) is 0 Å². The van der Waals surface area contributed by atoms with E-state index in [2.05, 4.69) is 5.10 Å². The Morgan fingerprint density at radius 3 is 2.41 bits per heavy atom. The van der Waals surface area contributed by atoms with Crippen LogP contribution in [0.2, 0.25) is 0 Å². The molecule has 0 amide bonds. The number of ether oxygens (including phenoxy) is 1. The second-order valence-electron chi connectivity index (χ2n) is 6.38. The number of nitrogens with zero attached hydrogens (tertiary/aromatic N) is 2. The maximum Gasteiger partial charge on any atom is 0.437 e. The Labute approximate surface area is 165 Å². The average molecular weight is 398 g/mol. The van der Waals surface area contributed by atoms with Gasteiger partial charge in [0, 0.05) is 11.1 Å². The van der Waals surface area contributed by atoms with Crippen molar-refractivity contribution in [2.45, 2.75) is 32.9 Å². The van der Waals surface area contributed by atoms with Gasteiger partial charge in [-0.2, -0.15) is 4.68 Å². The molecule has 3 rings (SSSR count). The van der Waals surface area contributed by atoms with Crippen LogP contribution in [-0.2, 0) is 22.5 Å². The number of benzene rings is 2. The summed E-state index contributed by atoms with van der Waals surface area (Å²) in [6, 6.07) is 12.2. The van der Waals surface area contributed by atoms with Crippen molar-refractivity contribution in [1.82, 2.24) is 9.78 Å². The zero-order valence-electron chi connectivity index (χ0n) is 15.9. The van der Waals surface area contributed by atoms with E-state index in [0.717, 1.165) is 16.7 Å². The molecule has 3 aromatic rings. The van der Waals surface area contributed by atoms with Crippen LogP contribution in [0, 0.1) is 5.82 Å². The highest BCUT2D eigenvalue weighted by atomic mass is 19.1. The van der Waals surface area contributed by atoms with Crippen LogP contribution in [0.1, 0.15) is 29.8 Å². The number of aryl methyl sites for hydroxylation is 1. The van der Waals surface area contributed by atoms with Gasteiger partial charge in [-0.05, 0) is 43.2 Å². The molecular weight excluding hydrogens is 379 g/mol. The van der Waals surface area contributed by atoms with Crippen molar-refractivity contribution >= 4 is 11.8 Å². The lowest BCUT2D eigenvalue weighted by atomic mass is 10.0. The van der Waals surface area contributed by atoms with Crippen molar-refractivity contribution < 1.29 is 23.1 Å². The summed E-state index contributed by atoms with van der Waals surface area (Å²) in [6.45, 7) is 2.95. The lowest BCUT2D eigenvalue weighted by Crippen LogP contribution is -2.29. The fourth-order valence-corrected chi connectivity index (χ4v) is 2.66. The van der Waals surface area contributed by atoms with Gasteiger partial charge in [0.25, 0.3) is 0 Å². The van der Waals surface area contributed by atoms with Crippen molar-refractivity contribution in [2.24, 2.45) is 0 Å². The topological polar surface area (TPSA) is 91.4 Å². The molecule has 0 saturated heterocycles. The predicted molar refractivity (Wildman–Crippen MR) is 102 cm³/mol. The van der Waals surface area contributed by atoms with E-state index in [0.29, 0.717) is 11.1 Å². The first kappa shape index (κ1) is 20.2. The SMILES string of the molecule is CCc1ccc(C(=O)C(C)OC(=O)Cn2nc(-c3ccc(F)cc3)oc2=O)cc1. The van der Waals surface area contributed by atoms with Crippen LogP contribution in [0.4, 0.5) is 4.39 Å².